The number of pyridine rings is 1. The van der Waals surface area contributed by atoms with Crippen LogP contribution in [0.5, 0.6) is 5.75 Å². The largest absolute Gasteiger partial charge is 0.487 e. The molecule has 1 unspecified atom stereocenters. The fourth-order valence-corrected chi connectivity index (χ4v) is 3.39. The van der Waals surface area contributed by atoms with Gasteiger partial charge in [-0.25, -0.2) is 4.98 Å². The van der Waals surface area contributed by atoms with Crippen LogP contribution in [0.2, 0.25) is 0 Å². The van der Waals surface area contributed by atoms with Gasteiger partial charge in [0, 0.05) is 37.4 Å². The minimum absolute atomic E-state index is 0.156. The van der Waals surface area contributed by atoms with E-state index in [0.29, 0.717) is 31.3 Å². The van der Waals surface area contributed by atoms with Gasteiger partial charge in [-0.05, 0) is 43.0 Å². The maximum absolute atomic E-state index is 12.5. The molecule has 1 amide bonds. The van der Waals surface area contributed by atoms with Gasteiger partial charge >= 0.3 is 0 Å². The summed E-state index contributed by atoms with van der Waals surface area (Å²) in [6, 6.07) is 12.6. The Kier molecular flexibility index (Phi) is 5.55. The number of nitrogens with zero attached hydrogens (tertiary/aromatic N) is 2. The number of ether oxygens (including phenoxy) is 2. The summed E-state index contributed by atoms with van der Waals surface area (Å²) >= 11 is 0. The van der Waals surface area contributed by atoms with E-state index < -0.39 is 6.04 Å². The van der Waals surface area contributed by atoms with Crippen molar-refractivity contribution >= 4 is 17.2 Å². The molecule has 146 valence electrons. The molecule has 7 nitrogen and oxygen atoms in total. The third-order valence-corrected chi connectivity index (χ3v) is 4.98. The average molecular weight is 380 g/mol. The van der Waals surface area contributed by atoms with Crippen LogP contribution in [-0.2, 0) is 16.1 Å². The first kappa shape index (κ1) is 18.5. The van der Waals surface area contributed by atoms with E-state index in [1.165, 1.54) is 0 Å². The molecule has 1 aliphatic heterocycles. The second kappa shape index (κ2) is 8.41. The molecule has 0 radical (unpaired) electrons. The van der Waals surface area contributed by atoms with E-state index in [1.54, 1.807) is 6.07 Å². The lowest BCUT2D eigenvalue weighted by Gasteiger charge is -2.26. The summed E-state index contributed by atoms with van der Waals surface area (Å²) in [5.74, 6) is 0.641. The first-order valence-electron chi connectivity index (χ1n) is 9.49. The zero-order chi connectivity index (χ0) is 19.3. The van der Waals surface area contributed by atoms with E-state index in [1.807, 2.05) is 53.2 Å². The smallest absolute Gasteiger partial charge is 0.241 e. The summed E-state index contributed by atoms with van der Waals surface area (Å²) in [6.45, 7) is 1.68. The Morgan fingerprint density at radius 2 is 2.14 bits per heavy atom. The summed E-state index contributed by atoms with van der Waals surface area (Å²) in [5, 5.41) is 2.89. The molecule has 7 heteroatoms. The number of carbonyl (C=O) groups excluding carboxylic acids is 1. The molecular weight excluding hydrogens is 356 g/mol. The van der Waals surface area contributed by atoms with Crippen LogP contribution in [0.15, 0.2) is 54.9 Å². The van der Waals surface area contributed by atoms with Crippen molar-refractivity contribution in [2.75, 3.05) is 18.5 Å². The fourth-order valence-electron chi connectivity index (χ4n) is 3.39. The van der Waals surface area contributed by atoms with E-state index in [0.717, 1.165) is 24.2 Å². The fraction of sp³-hybridized carbons (Fsp3) is 0.333. The molecule has 1 aromatic carbocycles. The van der Waals surface area contributed by atoms with Crippen LogP contribution in [0.1, 0.15) is 18.5 Å². The number of rotatable bonds is 6. The minimum Gasteiger partial charge on any atom is -0.487 e. The molecule has 0 spiro atoms. The van der Waals surface area contributed by atoms with E-state index in [2.05, 4.69) is 10.3 Å². The second-order valence-electron chi connectivity index (χ2n) is 6.98. The van der Waals surface area contributed by atoms with Crippen LogP contribution >= 0.6 is 0 Å². The van der Waals surface area contributed by atoms with Gasteiger partial charge in [-0.3, -0.25) is 4.79 Å². The summed E-state index contributed by atoms with van der Waals surface area (Å²) < 4.78 is 13.1. The van der Waals surface area contributed by atoms with Gasteiger partial charge in [0.25, 0.3) is 0 Å². The van der Waals surface area contributed by atoms with Crippen molar-refractivity contribution in [2.45, 2.75) is 25.5 Å². The van der Waals surface area contributed by atoms with Crippen molar-refractivity contribution < 1.29 is 14.3 Å². The molecule has 3 heterocycles. The van der Waals surface area contributed by atoms with Crippen LogP contribution in [0.25, 0.3) is 5.65 Å². The van der Waals surface area contributed by atoms with Crippen molar-refractivity contribution in [3.05, 3.63) is 60.6 Å². The Morgan fingerprint density at radius 3 is 2.96 bits per heavy atom. The Bertz CT molecular complexity index is 916. The third-order valence-electron chi connectivity index (χ3n) is 4.98. The summed E-state index contributed by atoms with van der Waals surface area (Å²) in [7, 11) is 0. The first-order valence-corrected chi connectivity index (χ1v) is 9.49. The van der Waals surface area contributed by atoms with Crippen molar-refractivity contribution in [2.24, 2.45) is 11.7 Å². The number of amides is 1. The van der Waals surface area contributed by atoms with Crippen molar-refractivity contribution in [3.63, 3.8) is 0 Å². The lowest BCUT2D eigenvalue weighted by atomic mass is 9.92. The Morgan fingerprint density at radius 1 is 1.29 bits per heavy atom. The monoisotopic (exact) mass is 380 g/mol. The number of benzene rings is 1. The highest BCUT2D eigenvalue weighted by Gasteiger charge is 2.26. The molecule has 3 N–H and O–H groups in total. The maximum Gasteiger partial charge on any atom is 0.241 e. The van der Waals surface area contributed by atoms with Gasteiger partial charge in [0.15, 0.2) is 0 Å². The number of aromatic nitrogens is 2. The molecule has 1 aliphatic rings. The second-order valence-corrected chi connectivity index (χ2v) is 6.98. The number of fused-ring (bicyclic) bond motifs is 1. The predicted molar refractivity (Wildman–Crippen MR) is 106 cm³/mol. The van der Waals surface area contributed by atoms with Crippen LogP contribution in [-0.4, -0.2) is 34.5 Å². The van der Waals surface area contributed by atoms with Crippen LogP contribution in [0.3, 0.4) is 0 Å². The molecule has 2 aromatic heterocycles. The van der Waals surface area contributed by atoms with Crippen LogP contribution in [0.4, 0.5) is 5.69 Å². The van der Waals surface area contributed by atoms with E-state index in [-0.39, 0.29) is 11.8 Å². The zero-order valence-electron chi connectivity index (χ0n) is 15.6. The lowest BCUT2D eigenvalue weighted by molar-refractivity contribution is -0.119. The number of carbonyl (C=O) groups is 1. The van der Waals surface area contributed by atoms with Gasteiger partial charge in [-0.15, -0.1) is 0 Å². The van der Waals surface area contributed by atoms with Gasteiger partial charge in [0.2, 0.25) is 5.91 Å². The summed E-state index contributed by atoms with van der Waals surface area (Å²) in [5.41, 5.74) is 8.52. The molecular formula is C21H24N4O3. The number of nitrogens with one attached hydrogen (secondary N) is 1. The molecule has 3 aromatic rings. The summed E-state index contributed by atoms with van der Waals surface area (Å²) in [6.07, 6.45) is 5.52. The number of anilines is 1. The molecule has 1 atom stereocenters. The van der Waals surface area contributed by atoms with E-state index in [4.69, 9.17) is 15.2 Å². The SMILES string of the molecule is NC(C(=O)Nc1cccc(OCc2cn3ccccc3n2)c1)C1CCOCC1. The highest BCUT2D eigenvalue weighted by molar-refractivity contribution is 5.95. The normalized spacial score (nSPS) is 16.0. The summed E-state index contributed by atoms with van der Waals surface area (Å²) in [4.78, 5) is 17.0. The molecule has 28 heavy (non-hydrogen) atoms. The van der Waals surface area contributed by atoms with E-state index >= 15 is 0 Å². The van der Waals surface area contributed by atoms with Gasteiger partial charge in [0.1, 0.15) is 18.0 Å². The van der Waals surface area contributed by atoms with E-state index in [9.17, 15) is 4.79 Å². The number of hydrogen-bond donors (Lipinski definition) is 2. The Labute approximate surface area is 163 Å². The molecule has 0 saturated carbocycles. The van der Waals surface area contributed by atoms with Gasteiger partial charge in [-0.2, -0.15) is 0 Å². The van der Waals surface area contributed by atoms with Crippen molar-refractivity contribution in [1.82, 2.24) is 9.38 Å². The Hall–Kier alpha value is -2.90. The third kappa shape index (κ3) is 4.32. The molecule has 4 rings (SSSR count). The van der Waals surface area contributed by atoms with Crippen molar-refractivity contribution in [3.8, 4) is 5.75 Å². The minimum atomic E-state index is -0.536. The predicted octanol–water partition coefficient (Wildman–Crippen LogP) is 2.61. The number of imidazole rings is 1. The maximum atomic E-state index is 12.5. The van der Waals surface area contributed by atoms with Crippen molar-refractivity contribution in [1.29, 1.82) is 0 Å². The average Bonchev–Trinajstić information content (AvgIpc) is 3.16. The lowest BCUT2D eigenvalue weighted by Crippen LogP contribution is -2.43. The highest BCUT2D eigenvalue weighted by atomic mass is 16.5. The van der Waals surface area contributed by atoms with Crippen LogP contribution < -0.4 is 15.8 Å². The quantitative estimate of drug-likeness (QED) is 0.686. The molecule has 0 bridgehead atoms. The Balaban J connectivity index is 1.36. The molecule has 0 aliphatic carbocycles. The number of hydrogen-bond acceptors (Lipinski definition) is 5. The zero-order valence-corrected chi connectivity index (χ0v) is 15.6. The molecule has 1 fully saturated rings. The number of nitrogens with two attached hydrogens (primary N) is 1. The topological polar surface area (TPSA) is 90.9 Å². The highest BCUT2D eigenvalue weighted by Crippen LogP contribution is 2.21. The van der Waals surface area contributed by atoms with Gasteiger partial charge < -0.3 is 24.9 Å². The van der Waals surface area contributed by atoms with Gasteiger partial charge in [0.05, 0.1) is 11.7 Å². The standard InChI is InChI=1S/C21H24N4O3/c22-20(15-7-10-27-11-8-15)21(26)24-16-4-3-5-18(12-16)28-14-17-13-25-9-2-1-6-19(25)23-17/h1-6,9,12-13,15,20H,7-8,10-11,14,22H2,(H,24,26). The van der Waals surface area contributed by atoms with Gasteiger partial charge in [-0.1, -0.05) is 12.1 Å². The molecule has 1 saturated heterocycles. The van der Waals surface area contributed by atoms with Crippen LogP contribution in [0, 0.1) is 5.92 Å². The first-order chi connectivity index (χ1) is 13.7.